The number of imidazole rings is 1. The van der Waals surface area contributed by atoms with Gasteiger partial charge in [-0.1, -0.05) is 12.8 Å². The fraction of sp³-hybridized carbons (Fsp3) is 0.409. The molecule has 1 amide bonds. The molecular formula is C22H26FN5O2. The van der Waals surface area contributed by atoms with Crippen LogP contribution >= 0.6 is 0 Å². The molecule has 1 N–H and O–H groups in total. The summed E-state index contributed by atoms with van der Waals surface area (Å²) in [4.78, 5) is 32.3. The minimum Gasteiger partial charge on any atom is -0.353 e. The molecule has 0 bridgehead atoms. The quantitative estimate of drug-likeness (QED) is 0.676. The smallest absolute Gasteiger partial charge is 0.335 e. The largest absolute Gasteiger partial charge is 0.353 e. The van der Waals surface area contributed by atoms with E-state index >= 15 is 0 Å². The number of fused-ring (bicyclic) bond motifs is 1. The van der Waals surface area contributed by atoms with Crippen LogP contribution in [0.4, 0.5) is 4.39 Å². The SMILES string of the molecule is O=C(Cn1c(=O)n(-c2ccc(F)cc2)c2ncccc21)NCCN1CCCCCC1. The summed E-state index contributed by atoms with van der Waals surface area (Å²) in [5.74, 6) is -0.596. The van der Waals surface area contributed by atoms with E-state index in [9.17, 15) is 14.0 Å². The zero-order valence-electron chi connectivity index (χ0n) is 16.9. The van der Waals surface area contributed by atoms with E-state index in [2.05, 4.69) is 15.2 Å². The van der Waals surface area contributed by atoms with Crippen molar-refractivity contribution in [2.75, 3.05) is 26.2 Å². The highest BCUT2D eigenvalue weighted by Gasteiger charge is 2.18. The third-order valence-electron chi connectivity index (χ3n) is 5.53. The van der Waals surface area contributed by atoms with Crippen LogP contribution in [0.1, 0.15) is 25.7 Å². The summed E-state index contributed by atoms with van der Waals surface area (Å²) in [6, 6.07) is 9.12. The molecule has 2 aromatic heterocycles. The molecule has 8 heteroatoms. The van der Waals surface area contributed by atoms with Gasteiger partial charge >= 0.3 is 5.69 Å². The van der Waals surface area contributed by atoms with E-state index in [1.807, 2.05) is 0 Å². The fourth-order valence-corrected chi connectivity index (χ4v) is 3.97. The van der Waals surface area contributed by atoms with Gasteiger partial charge in [-0.25, -0.2) is 18.7 Å². The average Bonchev–Trinajstić information content (AvgIpc) is 2.90. The fourth-order valence-electron chi connectivity index (χ4n) is 3.97. The van der Waals surface area contributed by atoms with Gasteiger partial charge in [-0.05, 0) is 62.3 Å². The standard InChI is InChI=1S/C22H26FN5O2/c23-17-7-9-18(10-8-17)28-21-19(6-5-11-25-21)27(22(28)30)16-20(29)24-12-15-26-13-3-1-2-4-14-26/h5-11H,1-4,12-16H2,(H,24,29). The number of pyridine rings is 1. The number of nitrogens with one attached hydrogen (secondary N) is 1. The molecule has 7 nitrogen and oxygen atoms in total. The summed E-state index contributed by atoms with van der Waals surface area (Å²) in [6.45, 7) is 3.44. The Morgan fingerprint density at radius 1 is 1.07 bits per heavy atom. The zero-order chi connectivity index (χ0) is 20.9. The number of aromatic nitrogens is 3. The van der Waals surface area contributed by atoms with E-state index < -0.39 is 0 Å². The number of carbonyl (C=O) groups is 1. The number of hydrogen-bond acceptors (Lipinski definition) is 4. The lowest BCUT2D eigenvalue weighted by molar-refractivity contribution is -0.121. The zero-order valence-corrected chi connectivity index (χ0v) is 16.9. The second-order valence-corrected chi connectivity index (χ2v) is 7.63. The van der Waals surface area contributed by atoms with E-state index in [1.165, 1.54) is 59.1 Å². The first kappa shape index (κ1) is 20.3. The molecule has 3 aromatic rings. The van der Waals surface area contributed by atoms with Gasteiger partial charge in [0.1, 0.15) is 12.4 Å². The second kappa shape index (κ2) is 9.21. The van der Waals surface area contributed by atoms with Crippen molar-refractivity contribution in [3.05, 3.63) is 58.9 Å². The van der Waals surface area contributed by atoms with E-state index in [-0.39, 0.29) is 24.0 Å². The Morgan fingerprint density at radius 3 is 2.53 bits per heavy atom. The van der Waals surface area contributed by atoms with E-state index in [0.717, 1.165) is 19.6 Å². The van der Waals surface area contributed by atoms with Gasteiger partial charge in [-0.2, -0.15) is 0 Å². The lowest BCUT2D eigenvalue weighted by atomic mass is 10.2. The molecule has 0 aliphatic carbocycles. The van der Waals surface area contributed by atoms with Crippen LogP contribution in [0.5, 0.6) is 0 Å². The van der Waals surface area contributed by atoms with Crippen LogP contribution in [0.2, 0.25) is 0 Å². The third kappa shape index (κ3) is 4.43. The van der Waals surface area contributed by atoms with Gasteiger partial charge in [0.05, 0.1) is 11.2 Å². The van der Waals surface area contributed by atoms with Crippen molar-refractivity contribution in [3.8, 4) is 5.69 Å². The van der Waals surface area contributed by atoms with Gasteiger partial charge in [-0.15, -0.1) is 0 Å². The van der Waals surface area contributed by atoms with Gasteiger partial charge < -0.3 is 10.2 Å². The maximum absolute atomic E-state index is 13.3. The highest BCUT2D eigenvalue weighted by molar-refractivity contribution is 5.80. The minimum absolute atomic E-state index is 0.0881. The number of amides is 1. The molecule has 1 saturated heterocycles. The molecule has 0 spiro atoms. The molecule has 0 unspecified atom stereocenters. The molecule has 1 aliphatic rings. The highest BCUT2D eigenvalue weighted by Crippen LogP contribution is 2.16. The first-order valence-electron chi connectivity index (χ1n) is 10.4. The predicted octanol–water partition coefficient (Wildman–Crippen LogP) is 2.32. The Morgan fingerprint density at radius 2 is 1.80 bits per heavy atom. The number of benzene rings is 1. The van der Waals surface area contributed by atoms with E-state index in [4.69, 9.17) is 0 Å². The van der Waals surface area contributed by atoms with Crippen molar-refractivity contribution in [2.24, 2.45) is 0 Å². The number of rotatable bonds is 6. The first-order chi connectivity index (χ1) is 14.6. The summed E-state index contributed by atoms with van der Waals surface area (Å²) < 4.78 is 16.1. The van der Waals surface area contributed by atoms with Crippen molar-refractivity contribution in [1.29, 1.82) is 0 Å². The number of hydrogen-bond donors (Lipinski definition) is 1. The Hall–Kier alpha value is -3.00. The molecule has 0 radical (unpaired) electrons. The van der Waals surface area contributed by atoms with Crippen molar-refractivity contribution in [3.63, 3.8) is 0 Å². The summed E-state index contributed by atoms with van der Waals surface area (Å²) in [7, 11) is 0. The molecular weight excluding hydrogens is 385 g/mol. The van der Waals surface area contributed by atoms with Gasteiger partial charge in [0.2, 0.25) is 5.91 Å². The Bertz CT molecular complexity index is 1070. The van der Waals surface area contributed by atoms with Crippen LogP contribution in [-0.4, -0.2) is 51.1 Å². The molecule has 0 saturated carbocycles. The van der Waals surface area contributed by atoms with Crippen LogP contribution in [0.25, 0.3) is 16.9 Å². The van der Waals surface area contributed by atoms with Crippen molar-refractivity contribution in [1.82, 2.24) is 24.3 Å². The summed E-state index contributed by atoms with van der Waals surface area (Å²) in [5, 5.41) is 2.93. The van der Waals surface area contributed by atoms with Crippen LogP contribution < -0.4 is 11.0 Å². The second-order valence-electron chi connectivity index (χ2n) is 7.63. The van der Waals surface area contributed by atoms with Crippen LogP contribution in [0, 0.1) is 5.82 Å². The number of likely N-dealkylation sites (tertiary alicyclic amines) is 1. The van der Waals surface area contributed by atoms with Crippen LogP contribution in [0.3, 0.4) is 0 Å². The van der Waals surface area contributed by atoms with Crippen molar-refractivity contribution in [2.45, 2.75) is 32.2 Å². The third-order valence-corrected chi connectivity index (χ3v) is 5.53. The number of halogens is 1. The Labute approximate surface area is 174 Å². The monoisotopic (exact) mass is 411 g/mol. The summed E-state index contributed by atoms with van der Waals surface area (Å²) in [5.41, 5.74) is 1.13. The van der Waals surface area contributed by atoms with Crippen molar-refractivity contribution < 1.29 is 9.18 Å². The van der Waals surface area contributed by atoms with Gasteiger partial charge in [0.25, 0.3) is 0 Å². The molecule has 4 rings (SSSR count). The van der Waals surface area contributed by atoms with Gasteiger partial charge in [-0.3, -0.25) is 9.36 Å². The maximum Gasteiger partial charge on any atom is 0.335 e. The molecule has 1 fully saturated rings. The summed E-state index contributed by atoms with van der Waals surface area (Å²) >= 11 is 0. The van der Waals surface area contributed by atoms with Crippen LogP contribution in [-0.2, 0) is 11.3 Å². The highest BCUT2D eigenvalue weighted by atomic mass is 19.1. The lowest BCUT2D eigenvalue weighted by Gasteiger charge is -2.19. The number of carbonyl (C=O) groups excluding carboxylic acids is 1. The molecule has 3 heterocycles. The molecule has 1 aromatic carbocycles. The topological polar surface area (TPSA) is 72.2 Å². The Balaban J connectivity index is 1.50. The normalized spacial score (nSPS) is 15.2. The minimum atomic E-state index is -0.382. The average molecular weight is 411 g/mol. The molecule has 1 aliphatic heterocycles. The predicted molar refractivity (Wildman–Crippen MR) is 113 cm³/mol. The molecule has 0 atom stereocenters. The number of nitrogens with zero attached hydrogens (tertiary/aromatic N) is 4. The Kier molecular flexibility index (Phi) is 6.23. The van der Waals surface area contributed by atoms with E-state index in [1.54, 1.807) is 18.3 Å². The maximum atomic E-state index is 13.3. The van der Waals surface area contributed by atoms with Gasteiger partial charge in [0.15, 0.2) is 5.65 Å². The molecule has 30 heavy (non-hydrogen) atoms. The van der Waals surface area contributed by atoms with Crippen LogP contribution in [0.15, 0.2) is 47.4 Å². The van der Waals surface area contributed by atoms with E-state index in [0.29, 0.717) is 23.4 Å². The summed E-state index contributed by atoms with van der Waals surface area (Å²) in [6.07, 6.45) is 6.56. The first-order valence-corrected chi connectivity index (χ1v) is 10.4. The van der Waals surface area contributed by atoms with Gasteiger partial charge in [0, 0.05) is 19.3 Å². The van der Waals surface area contributed by atoms with Crippen molar-refractivity contribution >= 4 is 17.1 Å². The lowest BCUT2D eigenvalue weighted by Crippen LogP contribution is -2.38. The molecule has 158 valence electrons.